The van der Waals surface area contributed by atoms with Gasteiger partial charge in [-0.3, -0.25) is 4.90 Å². The maximum Gasteiger partial charge on any atom is 0.325 e. The third-order valence-corrected chi connectivity index (χ3v) is 7.95. The molecule has 7 nitrogen and oxygen atoms in total. The zero-order valence-corrected chi connectivity index (χ0v) is 22.9. The van der Waals surface area contributed by atoms with Gasteiger partial charge in [0.1, 0.15) is 6.61 Å². The first kappa shape index (κ1) is 25.6. The lowest BCUT2D eigenvalue weighted by atomic mass is 9.99. The molecular weight excluding hydrogens is 510 g/mol. The summed E-state index contributed by atoms with van der Waals surface area (Å²) in [5, 5.41) is 0.635. The normalized spacial score (nSPS) is 21.7. The number of aryl methyl sites for hydroxylation is 1. The molecule has 0 saturated carbocycles. The van der Waals surface area contributed by atoms with Gasteiger partial charge in [0.25, 0.3) is 5.17 Å². The van der Waals surface area contributed by atoms with Crippen molar-refractivity contribution in [3.8, 4) is 5.88 Å². The Bertz CT molecular complexity index is 1310. The summed E-state index contributed by atoms with van der Waals surface area (Å²) in [6.07, 6.45) is 3.87. The topological polar surface area (TPSA) is 56.3 Å². The standard InChI is InChI=1S/C31H33N3O4S/c1-22-25(12-13-28(32-22)37-30-21-35-29(38-30)18-23-8-4-2-5-9-23)19-33-16-14-26(15-17-33)34-27(20-36-31(34)39)24-10-6-3-7-11-24/h2-13,21,26-27,29H,14-20H2,1H3/t27-,29?/m0/s1. The van der Waals surface area contributed by atoms with E-state index in [1.165, 1.54) is 17.4 Å². The van der Waals surface area contributed by atoms with Crippen molar-refractivity contribution in [2.75, 3.05) is 19.7 Å². The monoisotopic (exact) mass is 543 g/mol. The van der Waals surface area contributed by atoms with Crippen molar-refractivity contribution < 1.29 is 18.9 Å². The van der Waals surface area contributed by atoms with Crippen molar-refractivity contribution in [3.05, 3.63) is 107 Å². The number of aromatic nitrogens is 1. The molecule has 0 radical (unpaired) electrons. The van der Waals surface area contributed by atoms with Gasteiger partial charge < -0.3 is 23.8 Å². The highest BCUT2D eigenvalue weighted by atomic mass is 32.1. The third kappa shape index (κ3) is 6.02. The van der Waals surface area contributed by atoms with Gasteiger partial charge in [-0.1, -0.05) is 66.7 Å². The fourth-order valence-electron chi connectivity index (χ4n) is 5.52. The molecule has 1 unspecified atom stereocenters. The van der Waals surface area contributed by atoms with Crippen molar-refractivity contribution in [1.29, 1.82) is 0 Å². The van der Waals surface area contributed by atoms with E-state index < -0.39 is 6.29 Å². The second-order valence-corrected chi connectivity index (χ2v) is 10.6. The van der Waals surface area contributed by atoms with Gasteiger partial charge in [0.05, 0.1) is 6.04 Å². The number of benzene rings is 2. The molecule has 6 rings (SSSR count). The van der Waals surface area contributed by atoms with E-state index in [1.807, 2.05) is 37.3 Å². The van der Waals surface area contributed by atoms with Gasteiger partial charge in [0, 0.05) is 43.9 Å². The van der Waals surface area contributed by atoms with Gasteiger partial charge in [0.2, 0.25) is 12.2 Å². The van der Waals surface area contributed by atoms with Crippen molar-refractivity contribution >= 4 is 17.4 Å². The summed E-state index contributed by atoms with van der Waals surface area (Å²) in [7, 11) is 0. The van der Waals surface area contributed by atoms with Crippen LogP contribution in [0.3, 0.4) is 0 Å². The molecule has 0 aliphatic carbocycles. The smallest absolute Gasteiger partial charge is 0.325 e. The minimum atomic E-state index is -0.393. The number of thiocarbonyl (C=S) groups is 1. The van der Waals surface area contributed by atoms with E-state index in [2.05, 4.69) is 57.2 Å². The summed E-state index contributed by atoms with van der Waals surface area (Å²) in [5.41, 5.74) is 4.56. The van der Waals surface area contributed by atoms with E-state index in [0.29, 0.717) is 36.1 Å². The number of piperidine rings is 1. The Morgan fingerprint density at radius 2 is 1.72 bits per heavy atom. The van der Waals surface area contributed by atoms with Crippen LogP contribution in [0.1, 0.15) is 41.3 Å². The van der Waals surface area contributed by atoms with Crippen LogP contribution in [0.15, 0.2) is 85.0 Å². The minimum absolute atomic E-state index is 0.201. The summed E-state index contributed by atoms with van der Waals surface area (Å²) in [6.45, 7) is 5.52. The van der Waals surface area contributed by atoms with Crippen molar-refractivity contribution in [3.63, 3.8) is 0 Å². The molecule has 3 aliphatic heterocycles. The number of likely N-dealkylation sites (tertiary alicyclic amines) is 1. The molecule has 3 aromatic rings. The largest absolute Gasteiger partial charge is 0.468 e. The highest BCUT2D eigenvalue weighted by molar-refractivity contribution is 7.80. The summed E-state index contributed by atoms with van der Waals surface area (Å²) in [5.74, 6) is 0.829. The average Bonchev–Trinajstić information content (AvgIpc) is 3.57. The van der Waals surface area contributed by atoms with E-state index in [0.717, 1.165) is 43.7 Å². The number of nitrogens with zero attached hydrogens (tertiary/aromatic N) is 3. The Morgan fingerprint density at radius 3 is 2.46 bits per heavy atom. The summed E-state index contributed by atoms with van der Waals surface area (Å²) in [6, 6.07) is 25.2. The molecule has 0 spiro atoms. The predicted octanol–water partition coefficient (Wildman–Crippen LogP) is 5.51. The second-order valence-electron chi connectivity index (χ2n) is 10.2. The molecule has 3 aliphatic rings. The van der Waals surface area contributed by atoms with Crippen LogP contribution in [-0.2, 0) is 27.2 Å². The van der Waals surface area contributed by atoms with Crippen LogP contribution in [0.4, 0.5) is 0 Å². The van der Waals surface area contributed by atoms with Crippen LogP contribution in [0.2, 0.25) is 0 Å². The molecule has 2 atom stereocenters. The molecule has 0 bridgehead atoms. The molecular formula is C31H33N3O4S. The van der Waals surface area contributed by atoms with Gasteiger partial charge in [-0.05, 0) is 48.7 Å². The van der Waals surface area contributed by atoms with Gasteiger partial charge in [-0.25, -0.2) is 4.98 Å². The highest BCUT2D eigenvalue weighted by Crippen LogP contribution is 2.33. The Morgan fingerprint density at radius 1 is 0.974 bits per heavy atom. The first-order valence-electron chi connectivity index (χ1n) is 13.6. The van der Waals surface area contributed by atoms with Crippen molar-refractivity contribution in [2.24, 2.45) is 0 Å². The molecule has 4 heterocycles. The fraction of sp³-hybridized carbons (Fsp3) is 0.355. The maximum atomic E-state index is 5.86. The SMILES string of the molecule is Cc1nc(OC2=COC(Cc3ccccc3)O2)ccc1CN1CCC(N2C(=S)OC[C@H]2c2ccccc2)CC1. The van der Waals surface area contributed by atoms with Crippen LogP contribution in [-0.4, -0.2) is 52.0 Å². The van der Waals surface area contributed by atoms with Crippen molar-refractivity contribution in [2.45, 2.75) is 51.1 Å². The molecule has 2 aromatic carbocycles. The van der Waals surface area contributed by atoms with Crippen LogP contribution >= 0.6 is 12.2 Å². The third-order valence-electron chi connectivity index (χ3n) is 7.62. The first-order valence-corrected chi connectivity index (χ1v) is 14.0. The van der Waals surface area contributed by atoms with Gasteiger partial charge >= 0.3 is 5.95 Å². The lowest BCUT2D eigenvalue weighted by Gasteiger charge is -2.39. The first-order chi connectivity index (χ1) is 19.1. The van der Waals surface area contributed by atoms with E-state index in [1.54, 1.807) is 0 Å². The van der Waals surface area contributed by atoms with Crippen LogP contribution in [0.25, 0.3) is 0 Å². The number of hydrogen-bond donors (Lipinski definition) is 0. The number of hydrogen-bond acceptors (Lipinski definition) is 7. The summed E-state index contributed by atoms with van der Waals surface area (Å²) in [4.78, 5) is 9.49. The molecule has 2 fully saturated rings. The van der Waals surface area contributed by atoms with Gasteiger partial charge in [-0.2, -0.15) is 0 Å². The Hall–Kier alpha value is -3.62. The molecule has 2 saturated heterocycles. The summed E-state index contributed by atoms with van der Waals surface area (Å²) >= 11 is 5.60. The number of ether oxygens (including phenoxy) is 4. The predicted molar refractivity (Wildman–Crippen MR) is 152 cm³/mol. The van der Waals surface area contributed by atoms with Crippen molar-refractivity contribution in [1.82, 2.24) is 14.8 Å². The van der Waals surface area contributed by atoms with Gasteiger partial charge in [0.15, 0.2) is 6.26 Å². The van der Waals surface area contributed by atoms with Crippen LogP contribution < -0.4 is 4.74 Å². The Balaban J connectivity index is 1.00. The number of rotatable bonds is 8. The van der Waals surface area contributed by atoms with E-state index in [9.17, 15) is 0 Å². The van der Waals surface area contributed by atoms with E-state index in [4.69, 9.17) is 31.2 Å². The van der Waals surface area contributed by atoms with Crippen LogP contribution in [0.5, 0.6) is 5.88 Å². The number of pyridine rings is 1. The Labute approximate surface area is 234 Å². The van der Waals surface area contributed by atoms with E-state index >= 15 is 0 Å². The quantitative estimate of drug-likeness (QED) is 0.345. The maximum absolute atomic E-state index is 5.86. The fourth-order valence-corrected chi connectivity index (χ4v) is 5.86. The zero-order valence-electron chi connectivity index (χ0n) is 22.1. The molecule has 0 N–H and O–H groups in total. The molecule has 1 aromatic heterocycles. The van der Waals surface area contributed by atoms with Crippen LogP contribution in [0, 0.1) is 6.92 Å². The highest BCUT2D eigenvalue weighted by Gasteiger charge is 2.37. The second kappa shape index (κ2) is 11.6. The van der Waals surface area contributed by atoms with E-state index in [-0.39, 0.29) is 6.04 Å². The zero-order chi connectivity index (χ0) is 26.6. The lowest BCUT2D eigenvalue weighted by Crippen LogP contribution is -2.45. The Kier molecular flexibility index (Phi) is 7.65. The average molecular weight is 544 g/mol. The molecule has 202 valence electrons. The van der Waals surface area contributed by atoms with Gasteiger partial charge in [-0.15, -0.1) is 0 Å². The molecule has 8 heteroatoms. The molecule has 39 heavy (non-hydrogen) atoms. The molecule has 0 amide bonds. The summed E-state index contributed by atoms with van der Waals surface area (Å²) < 4.78 is 23.1. The lowest BCUT2D eigenvalue weighted by molar-refractivity contribution is -0.0524. The minimum Gasteiger partial charge on any atom is -0.468 e.